The van der Waals surface area contributed by atoms with E-state index in [0.29, 0.717) is 36.4 Å². The van der Waals surface area contributed by atoms with Crippen molar-refractivity contribution >= 4 is 22.8 Å². The number of benzene rings is 1. The van der Waals surface area contributed by atoms with Crippen LogP contribution < -0.4 is 10.2 Å². The van der Waals surface area contributed by atoms with Gasteiger partial charge in [0.1, 0.15) is 5.69 Å². The number of rotatable bonds is 6. The van der Waals surface area contributed by atoms with Crippen molar-refractivity contribution in [3.8, 4) is 0 Å². The van der Waals surface area contributed by atoms with Crippen LogP contribution in [0.4, 0.5) is 5.95 Å². The van der Waals surface area contributed by atoms with Gasteiger partial charge in [-0.25, -0.2) is 0 Å². The van der Waals surface area contributed by atoms with E-state index in [-0.39, 0.29) is 5.91 Å². The normalized spacial score (nSPS) is 14.8. The Balaban J connectivity index is 1.11. The lowest BCUT2D eigenvalue weighted by atomic mass is 9.93. The van der Waals surface area contributed by atoms with Crippen LogP contribution in [-0.4, -0.2) is 45.7 Å². The molecule has 0 bridgehead atoms. The van der Waals surface area contributed by atoms with Crippen LogP contribution in [0.5, 0.6) is 0 Å². The van der Waals surface area contributed by atoms with Gasteiger partial charge in [0.2, 0.25) is 5.89 Å². The molecule has 3 aromatic heterocycles. The molecule has 0 saturated carbocycles. The van der Waals surface area contributed by atoms with E-state index >= 15 is 0 Å². The summed E-state index contributed by atoms with van der Waals surface area (Å²) < 4.78 is 5.39. The number of para-hydroxylation sites is 1. The predicted molar refractivity (Wildman–Crippen MR) is 117 cm³/mol. The summed E-state index contributed by atoms with van der Waals surface area (Å²) >= 11 is 0. The Labute approximate surface area is 179 Å². The van der Waals surface area contributed by atoms with Crippen LogP contribution in [0, 0.1) is 0 Å². The van der Waals surface area contributed by atoms with E-state index in [9.17, 15) is 4.79 Å². The minimum Gasteiger partial charge on any atom is -0.351 e. The van der Waals surface area contributed by atoms with E-state index in [1.807, 2.05) is 48.7 Å². The molecule has 1 amide bonds. The molecule has 2 N–H and O–H groups in total. The number of aromatic nitrogens is 4. The number of anilines is 1. The van der Waals surface area contributed by atoms with E-state index in [2.05, 4.69) is 36.4 Å². The number of amides is 1. The first-order chi connectivity index (χ1) is 15.3. The van der Waals surface area contributed by atoms with Gasteiger partial charge in [-0.2, -0.15) is 4.98 Å². The highest BCUT2D eigenvalue weighted by Gasteiger charge is 2.24. The zero-order chi connectivity index (χ0) is 21.0. The number of nitrogens with one attached hydrogen (secondary N) is 2. The number of nitrogens with zero attached hydrogens (tertiary/aromatic N) is 4. The third-order valence-corrected chi connectivity index (χ3v) is 5.74. The molecule has 5 rings (SSSR count). The first-order valence-electron chi connectivity index (χ1n) is 10.6. The first-order valence-corrected chi connectivity index (χ1v) is 10.6. The lowest BCUT2D eigenvalue weighted by molar-refractivity contribution is 0.0949. The lowest BCUT2D eigenvalue weighted by Crippen LogP contribution is -2.33. The molecule has 4 aromatic rings. The Hall–Kier alpha value is -3.68. The van der Waals surface area contributed by atoms with Gasteiger partial charge in [-0.1, -0.05) is 24.3 Å². The highest BCUT2D eigenvalue weighted by atomic mass is 16.5. The van der Waals surface area contributed by atoms with E-state index < -0.39 is 0 Å². The Bertz CT molecular complexity index is 1130. The lowest BCUT2D eigenvalue weighted by Gasteiger charge is -2.30. The van der Waals surface area contributed by atoms with Crippen molar-refractivity contribution in [3.05, 3.63) is 72.0 Å². The van der Waals surface area contributed by atoms with E-state index in [1.54, 1.807) is 0 Å². The number of H-pyrrole nitrogens is 1. The molecular formula is C23H24N6O2. The minimum atomic E-state index is -0.146. The molecule has 0 spiro atoms. The second-order valence-electron chi connectivity index (χ2n) is 7.78. The summed E-state index contributed by atoms with van der Waals surface area (Å²) in [7, 11) is 0. The van der Waals surface area contributed by atoms with Crippen LogP contribution in [0.2, 0.25) is 0 Å². The fourth-order valence-corrected chi connectivity index (χ4v) is 4.04. The van der Waals surface area contributed by atoms with Crippen molar-refractivity contribution in [2.45, 2.75) is 25.2 Å². The number of hydrogen-bond donors (Lipinski definition) is 2. The van der Waals surface area contributed by atoms with Gasteiger partial charge in [-0.05, 0) is 42.3 Å². The first kappa shape index (κ1) is 19.3. The van der Waals surface area contributed by atoms with Gasteiger partial charge in [0, 0.05) is 54.8 Å². The number of carbonyl (C=O) groups excluding carboxylic acids is 1. The third kappa shape index (κ3) is 4.28. The van der Waals surface area contributed by atoms with Gasteiger partial charge in [0.05, 0.1) is 0 Å². The molecule has 0 unspecified atom stereocenters. The molecule has 1 saturated heterocycles. The second-order valence-corrected chi connectivity index (χ2v) is 7.78. The largest absolute Gasteiger partial charge is 0.351 e. The fourth-order valence-electron chi connectivity index (χ4n) is 4.04. The number of carbonyl (C=O) groups is 1. The zero-order valence-electron chi connectivity index (χ0n) is 17.1. The van der Waals surface area contributed by atoms with Crippen LogP contribution >= 0.6 is 0 Å². The zero-order valence-corrected chi connectivity index (χ0v) is 17.1. The van der Waals surface area contributed by atoms with Crippen molar-refractivity contribution < 1.29 is 9.32 Å². The van der Waals surface area contributed by atoms with Crippen LogP contribution in [0.3, 0.4) is 0 Å². The van der Waals surface area contributed by atoms with Crippen LogP contribution in [-0.2, 0) is 6.42 Å². The Kier molecular flexibility index (Phi) is 5.35. The fraction of sp³-hybridized carbons (Fsp3) is 0.304. The second kappa shape index (κ2) is 8.59. The summed E-state index contributed by atoms with van der Waals surface area (Å²) in [5.41, 5.74) is 2.64. The van der Waals surface area contributed by atoms with Crippen molar-refractivity contribution in [2.75, 3.05) is 24.5 Å². The van der Waals surface area contributed by atoms with Crippen molar-refractivity contribution in [3.63, 3.8) is 0 Å². The molecule has 1 aliphatic heterocycles. The number of piperidine rings is 1. The van der Waals surface area contributed by atoms with Crippen LogP contribution in [0.1, 0.15) is 40.8 Å². The maximum absolute atomic E-state index is 12.4. The summed E-state index contributed by atoms with van der Waals surface area (Å²) in [4.78, 5) is 26.7. The number of aromatic amines is 1. The third-order valence-electron chi connectivity index (χ3n) is 5.74. The monoisotopic (exact) mass is 416 g/mol. The average Bonchev–Trinajstić information content (AvgIpc) is 3.47. The van der Waals surface area contributed by atoms with Gasteiger partial charge >= 0.3 is 0 Å². The van der Waals surface area contributed by atoms with Crippen molar-refractivity contribution in [2.24, 2.45) is 0 Å². The van der Waals surface area contributed by atoms with E-state index in [4.69, 9.17) is 4.52 Å². The molecular weight excluding hydrogens is 392 g/mol. The molecule has 0 atom stereocenters. The Morgan fingerprint density at radius 1 is 1.16 bits per heavy atom. The molecule has 0 radical (unpaired) electrons. The van der Waals surface area contributed by atoms with E-state index in [1.165, 1.54) is 0 Å². The Morgan fingerprint density at radius 3 is 2.81 bits per heavy atom. The smallest absolute Gasteiger partial charge is 0.267 e. The minimum absolute atomic E-state index is 0.146. The molecule has 8 nitrogen and oxygen atoms in total. The molecule has 31 heavy (non-hydrogen) atoms. The van der Waals surface area contributed by atoms with Gasteiger partial charge < -0.3 is 19.7 Å². The molecule has 8 heteroatoms. The summed E-state index contributed by atoms with van der Waals surface area (Å²) in [6, 6.07) is 15.7. The average molecular weight is 416 g/mol. The topological polar surface area (TPSA) is 99.9 Å². The number of pyridine rings is 1. The summed E-state index contributed by atoms with van der Waals surface area (Å²) in [5.74, 6) is 1.48. The van der Waals surface area contributed by atoms with E-state index in [0.717, 1.165) is 42.5 Å². The quantitative estimate of drug-likeness (QED) is 0.500. The predicted octanol–water partition coefficient (Wildman–Crippen LogP) is 3.30. The van der Waals surface area contributed by atoms with Gasteiger partial charge in [-0.15, -0.1) is 0 Å². The maximum Gasteiger partial charge on any atom is 0.267 e. The molecule has 4 heterocycles. The van der Waals surface area contributed by atoms with Crippen LogP contribution in [0.25, 0.3) is 10.9 Å². The number of fused-ring (bicyclic) bond motifs is 1. The molecule has 158 valence electrons. The molecule has 0 aliphatic carbocycles. The van der Waals surface area contributed by atoms with Gasteiger partial charge in [0.15, 0.2) is 0 Å². The Morgan fingerprint density at radius 2 is 2.00 bits per heavy atom. The number of hydrogen-bond acceptors (Lipinski definition) is 6. The standard InChI is InChI=1S/C23H24N6O2/c30-22(20-15-17-5-1-2-7-19(17)26-20)25-12-8-21-27-23(28-31-21)29-13-9-16(10-14-29)18-6-3-4-11-24-18/h1-7,11,15-16,26H,8-10,12-14H2,(H,25,30). The molecule has 1 aromatic carbocycles. The highest BCUT2D eigenvalue weighted by molar-refractivity contribution is 5.97. The van der Waals surface area contributed by atoms with Crippen molar-refractivity contribution in [1.29, 1.82) is 0 Å². The van der Waals surface area contributed by atoms with Gasteiger partial charge in [-0.3, -0.25) is 9.78 Å². The summed E-state index contributed by atoms with van der Waals surface area (Å²) in [6.45, 7) is 2.17. The van der Waals surface area contributed by atoms with Crippen molar-refractivity contribution in [1.82, 2.24) is 25.4 Å². The summed E-state index contributed by atoms with van der Waals surface area (Å²) in [5, 5.41) is 8.05. The van der Waals surface area contributed by atoms with Gasteiger partial charge in [0.25, 0.3) is 11.9 Å². The maximum atomic E-state index is 12.4. The summed E-state index contributed by atoms with van der Waals surface area (Å²) in [6.07, 6.45) is 4.37. The SMILES string of the molecule is O=C(NCCc1nc(N2CCC(c3ccccn3)CC2)no1)c1cc2ccccc2[nH]1. The highest BCUT2D eigenvalue weighted by Crippen LogP contribution is 2.28. The molecule has 1 aliphatic rings. The molecule has 1 fully saturated rings. The van der Waals surface area contributed by atoms with Crippen LogP contribution in [0.15, 0.2) is 59.3 Å².